The van der Waals surface area contributed by atoms with Crippen molar-refractivity contribution in [3.8, 4) is 0 Å². The van der Waals surface area contributed by atoms with Crippen LogP contribution >= 0.6 is 0 Å². The first-order valence-electron chi connectivity index (χ1n) is 4.33. The van der Waals surface area contributed by atoms with Crippen LogP contribution in [0.4, 0.5) is 0 Å². The van der Waals surface area contributed by atoms with Crippen molar-refractivity contribution < 1.29 is 4.79 Å². The third-order valence-corrected chi connectivity index (χ3v) is 1.74. The molecule has 0 unspecified atom stereocenters. The van der Waals surface area contributed by atoms with Gasteiger partial charge in [0, 0.05) is 25.6 Å². The zero-order valence-electron chi connectivity index (χ0n) is 7.02. The van der Waals surface area contributed by atoms with E-state index in [4.69, 9.17) is 0 Å². The average Bonchev–Trinajstić information content (AvgIpc) is 2.72. The Labute approximate surface area is 67.5 Å². The van der Waals surface area contributed by atoms with E-state index in [1.807, 2.05) is 6.92 Å². The lowest BCUT2D eigenvalue weighted by atomic mass is 10.4. The van der Waals surface area contributed by atoms with E-state index in [9.17, 15) is 4.79 Å². The average molecular weight is 156 g/mol. The van der Waals surface area contributed by atoms with E-state index in [0.29, 0.717) is 12.5 Å². The molecule has 0 heterocycles. The Hall–Kier alpha value is -0.570. The van der Waals surface area contributed by atoms with Gasteiger partial charge in [0.1, 0.15) is 0 Å². The van der Waals surface area contributed by atoms with Crippen LogP contribution in [0.3, 0.4) is 0 Å². The zero-order valence-corrected chi connectivity index (χ0v) is 7.02. The summed E-state index contributed by atoms with van der Waals surface area (Å²) in [6.07, 6.45) is 3.19. The molecule has 1 aliphatic carbocycles. The number of rotatable bonds is 5. The van der Waals surface area contributed by atoms with E-state index in [2.05, 4.69) is 10.6 Å². The smallest absolute Gasteiger partial charge is 0.221 e. The van der Waals surface area contributed by atoms with Crippen LogP contribution in [-0.4, -0.2) is 25.0 Å². The first kappa shape index (κ1) is 8.53. The molecule has 0 aromatic rings. The van der Waals surface area contributed by atoms with Crippen molar-refractivity contribution in [1.29, 1.82) is 0 Å². The lowest BCUT2D eigenvalue weighted by molar-refractivity contribution is -0.120. The van der Waals surface area contributed by atoms with E-state index in [0.717, 1.165) is 13.1 Å². The van der Waals surface area contributed by atoms with Crippen molar-refractivity contribution in [1.82, 2.24) is 10.6 Å². The van der Waals surface area contributed by atoms with Crippen molar-refractivity contribution >= 4 is 5.91 Å². The Morgan fingerprint density at radius 3 is 2.82 bits per heavy atom. The Morgan fingerprint density at radius 1 is 1.55 bits per heavy atom. The van der Waals surface area contributed by atoms with E-state index in [1.165, 1.54) is 12.8 Å². The van der Waals surface area contributed by atoms with Gasteiger partial charge >= 0.3 is 0 Å². The quantitative estimate of drug-likeness (QED) is 0.599. The van der Waals surface area contributed by atoms with Gasteiger partial charge in [0.25, 0.3) is 0 Å². The highest BCUT2D eigenvalue weighted by atomic mass is 16.1. The maximum atomic E-state index is 10.9. The fraction of sp³-hybridized carbons (Fsp3) is 0.875. The van der Waals surface area contributed by atoms with Gasteiger partial charge in [-0.25, -0.2) is 0 Å². The molecule has 1 aliphatic rings. The van der Waals surface area contributed by atoms with Gasteiger partial charge in [-0.3, -0.25) is 4.79 Å². The second-order valence-electron chi connectivity index (χ2n) is 2.93. The number of hydrogen-bond donors (Lipinski definition) is 2. The minimum absolute atomic E-state index is 0.153. The molecule has 0 atom stereocenters. The Kier molecular flexibility index (Phi) is 3.36. The Bertz CT molecular complexity index is 132. The topological polar surface area (TPSA) is 41.1 Å². The lowest BCUT2D eigenvalue weighted by Gasteiger charge is -2.02. The summed E-state index contributed by atoms with van der Waals surface area (Å²) in [4.78, 5) is 10.9. The summed E-state index contributed by atoms with van der Waals surface area (Å²) < 4.78 is 0. The summed E-state index contributed by atoms with van der Waals surface area (Å²) in [5.74, 6) is 0.153. The Balaban J connectivity index is 1.88. The van der Waals surface area contributed by atoms with E-state index < -0.39 is 0 Å². The highest BCUT2D eigenvalue weighted by Crippen LogP contribution is 2.18. The van der Waals surface area contributed by atoms with Gasteiger partial charge in [-0.05, 0) is 19.8 Å². The third-order valence-electron chi connectivity index (χ3n) is 1.74. The molecule has 3 heteroatoms. The van der Waals surface area contributed by atoms with E-state index in [-0.39, 0.29) is 5.91 Å². The second kappa shape index (κ2) is 4.34. The third kappa shape index (κ3) is 3.98. The molecule has 1 rings (SSSR count). The molecule has 1 amide bonds. The molecule has 0 saturated heterocycles. The van der Waals surface area contributed by atoms with Gasteiger partial charge < -0.3 is 10.6 Å². The first-order valence-corrected chi connectivity index (χ1v) is 4.33. The molecule has 0 spiro atoms. The summed E-state index contributed by atoms with van der Waals surface area (Å²) in [5, 5.41) is 6.05. The van der Waals surface area contributed by atoms with Gasteiger partial charge in [0.2, 0.25) is 5.91 Å². The maximum absolute atomic E-state index is 10.9. The van der Waals surface area contributed by atoms with E-state index in [1.54, 1.807) is 0 Å². The first-order chi connectivity index (χ1) is 5.33. The molecule has 0 aromatic carbocycles. The molecule has 11 heavy (non-hydrogen) atoms. The summed E-state index contributed by atoms with van der Waals surface area (Å²) in [5.41, 5.74) is 0. The van der Waals surface area contributed by atoms with Crippen LogP contribution < -0.4 is 10.6 Å². The minimum atomic E-state index is 0.153. The predicted octanol–water partition coefficient (Wildman–Crippen LogP) is 0.265. The number of carbonyl (C=O) groups excluding carboxylic acids is 1. The second-order valence-corrected chi connectivity index (χ2v) is 2.93. The number of hydrogen-bond acceptors (Lipinski definition) is 2. The summed E-state index contributed by atoms with van der Waals surface area (Å²) >= 11 is 0. The van der Waals surface area contributed by atoms with Gasteiger partial charge in [-0.1, -0.05) is 0 Å². The molecule has 64 valence electrons. The molecular formula is C8H16N2O. The van der Waals surface area contributed by atoms with Crippen LogP contribution in [0.2, 0.25) is 0 Å². The molecule has 3 nitrogen and oxygen atoms in total. The molecule has 1 saturated carbocycles. The van der Waals surface area contributed by atoms with Crippen LogP contribution in [0.1, 0.15) is 26.2 Å². The van der Waals surface area contributed by atoms with Crippen molar-refractivity contribution in [2.45, 2.75) is 32.2 Å². The summed E-state index contributed by atoms with van der Waals surface area (Å²) in [7, 11) is 0. The molecule has 2 N–H and O–H groups in total. The lowest BCUT2D eigenvalue weighted by Crippen LogP contribution is -2.28. The van der Waals surface area contributed by atoms with Crippen LogP contribution in [0.15, 0.2) is 0 Å². The zero-order chi connectivity index (χ0) is 8.10. The largest absolute Gasteiger partial charge is 0.356 e. The maximum Gasteiger partial charge on any atom is 0.221 e. The molecule has 0 bridgehead atoms. The van der Waals surface area contributed by atoms with Crippen molar-refractivity contribution in [2.75, 3.05) is 13.1 Å². The number of amides is 1. The highest BCUT2D eigenvalue weighted by molar-refractivity contribution is 5.75. The highest BCUT2D eigenvalue weighted by Gasteiger charge is 2.19. The fourth-order valence-corrected chi connectivity index (χ4v) is 0.963. The van der Waals surface area contributed by atoms with Crippen LogP contribution in [0, 0.1) is 0 Å². The van der Waals surface area contributed by atoms with Gasteiger partial charge in [-0.2, -0.15) is 0 Å². The minimum Gasteiger partial charge on any atom is -0.356 e. The standard InChI is InChI=1S/C8H16N2O/c1-2-9-8(11)5-6-10-7-3-4-7/h7,10H,2-6H2,1H3,(H,9,11). The number of nitrogens with one attached hydrogen (secondary N) is 2. The molecule has 0 radical (unpaired) electrons. The van der Waals surface area contributed by atoms with Crippen molar-refractivity contribution in [3.05, 3.63) is 0 Å². The van der Waals surface area contributed by atoms with E-state index >= 15 is 0 Å². The van der Waals surface area contributed by atoms with Gasteiger partial charge in [0.05, 0.1) is 0 Å². The Morgan fingerprint density at radius 2 is 2.27 bits per heavy atom. The normalized spacial score (nSPS) is 16.5. The van der Waals surface area contributed by atoms with Gasteiger partial charge in [-0.15, -0.1) is 0 Å². The van der Waals surface area contributed by atoms with Gasteiger partial charge in [0.15, 0.2) is 0 Å². The molecule has 0 aliphatic heterocycles. The summed E-state index contributed by atoms with van der Waals surface area (Å²) in [6.45, 7) is 3.50. The predicted molar refractivity (Wildman–Crippen MR) is 44.3 cm³/mol. The van der Waals surface area contributed by atoms with Crippen molar-refractivity contribution in [2.24, 2.45) is 0 Å². The van der Waals surface area contributed by atoms with Crippen LogP contribution in [-0.2, 0) is 4.79 Å². The van der Waals surface area contributed by atoms with Crippen LogP contribution in [0.5, 0.6) is 0 Å². The SMILES string of the molecule is CCNC(=O)CCNC1CC1. The van der Waals surface area contributed by atoms with Crippen molar-refractivity contribution in [3.63, 3.8) is 0 Å². The molecule has 0 aromatic heterocycles. The summed E-state index contributed by atoms with van der Waals surface area (Å²) in [6, 6.07) is 0.712. The molecular weight excluding hydrogens is 140 g/mol. The monoisotopic (exact) mass is 156 g/mol. The van der Waals surface area contributed by atoms with Crippen LogP contribution in [0.25, 0.3) is 0 Å². The number of carbonyl (C=O) groups is 1. The molecule has 1 fully saturated rings. The fourth-order valence-electron chi connectivity index (χ4n) is 0.963.